The third-order valence-electron chi connectivity index (χ3n) is 4.98. The first-order valence-corrected chi connectivity index (χ1v) is 8.85. The lowest BCUT2D eigenvalue weighted by atomic mass is 9.96. The molecule has 2 atom stereocenters. The second-order valence-corrected chi connectivity index (χ2v) is 6.70. The van der Waals surface area contributed by atoms with Gasteiger partial charge in [-0.15, -0.1) is 0 Å². The Balaban J connectivity index is 1.48. The van der Waals surface area contributed by atoms with Gasteiger partial charge in [-0.05, 0) is 31.7 Å². The van der Waals surface area contributed by atoms with Crippen molar-refractivity contribution in [1.29, 1.82) is 0 Å². The highest BCUT2D eigenvalue weighted by Crippen LogP contribution is 2.33. The van der Waals surface area contributed by atoms with E-state index >= 15 is 0 Å². The second kappa shape index (κ2) is 6.78. The minimum atomic E-state index is -0.0618. The van der Waals surface area contributed by atoms with Gasteiger partial charge in [-0.25, -0.2) is 9.97 Å². The normalized spacial score (nSPS) is 23.9. The Bertz CT molecular complexity index is 734. The Hall–Kier alpha value is -2.51. The number of piperidine rings is 1. The van der Waals surface area contributed by atoms with E-state index in [0.29, 0.717) is 24.2 Å². The van der Waals surface area contributed by atoms with Gasteiger partial charge in [0.25, 0.3) is 0 Å². The number of likely N-dealkylation sites (tertiary alicyclic amines) is 1. The van der Waals surface area contributed by atoms with E-state index in [1.165, 1.54) is 0 Å². The topological polar surface area (TPSA) is 88.3 Å². The van der Waals surface area contributed by atoms with Crippen molar-refractivity contribution in [3.63, 3.8) is 0 Å². The quantitative estimate of drug-likeness (QED) is 0.839. The summed E-state index contributed by atoms with van der Waals surface area (Å²) in [5.41, 5.74) is 0. The number of anilines is 1. The maximum atomic E-state index is 13.1. The molecule has 8 heteroatoms. The molecular weight excluding hydrogens is 320 g/mol. The molecule has 2 saturated heterocycles. The van der Waals surface area contributed by atoms with E-state index in [1.54, 1.807) is 25.4 Å². The summed E-state index contributed by atoms with van der Waals surface area (Å²) in [6.45, 7) is 4.09. The fraction of sp³-hybridized carbons (Fsp3) is 0.588. The Kier molecular flexibility index (Phi) is 4.33. The minimum Gasteiger partial charge on any atom is -0.340 e. The molecule has 0 unspecified atom stereocenters. The van der Waals surface area contributed by atoms with Gasteiger partial charge in [-0.2, -0.15) is 4.98 Å². The van der Waals surface area contributed by atoms with Crippen molar-refractivity contribution < 1.29 is 9.32 Å². The van der Waals surface area contributed by atoms with Crippen LogP contribution < -0.4 is 4.90 Å². The van der Waals surface area contributed by atoms with Crippen LogP contribution >= 0.6 is 0 Å². The van der Waals surface area contributed by atoms with Gasteiger partial charge < -0.3 is 14.3 Å². The molecule has 4 heterocycles. The van der Waals surface area contributed by atoms with Crippen molar-refractivity contribution in [3.8, 4) is 0 Å². The fourth-order valence-corrected chi connectivity index (χ4v) is 3.80. The van der Waals surface area contributed by atoms with E-state index < -0.39 is 0 Å². The zero-order valence-corrected chi connectivity index (χ0v) is 14.3. The summed E-state index contributed by atoms with van der Waals surface area (Å²) in [7, 11) is 0. The zero-order valence-electron chi connectivity index (χ0n) is 14.3. The van der Waals surface area contributed by atoms with Crippen LogP contribution in [-0.2, 0) is 4.79 Å². The Labute approximate surface area is 146 Å². The number of rotatable bonds is 3. The molecule has 0 saturated carbocycles. The third kappa shape index (κ3) is 3.20. The lowest BCUT2D eigenvalue weighted by Gasteiger charge is -2.35. The average molecular weight is 342 g/mol. The van der Waals surface area contributed by atoms with Crippen molar-refractivity contribution in [3.05, 3.63) is 30.2 Å². The maximum absolute atomic E-state index is 13.1. The van der Waals surface area contributed by atoms with E-state index in [-0.39, 0.29) is 17.9 Å². The molecule has 2 aliphatic rings. The SMILES string of the molecule is Cc1nc([C@H]2CCCN2C(=O)[C@H]2CCCN(c3ncccn3)C2)no1. The van der Waals surface area contributed by atoms with Gasteiger partial charge in [-0.3, -0.25) is 4.79 Å². The lowest BCUT2D eigenvalue weighted by Crippen LogP contribution is -2.45. The van der Waals surface area contributed by atoms with Gasteiger partial charge in [0.1, 0.15) is 0 Å². The van der Waals surface area contributed by atoms with Crippen LogP contribution in [-0.4, -0.2) is 50.5 Å². The first-order valence-electron chi connectivity index (χ1n) is 8.85. The molecule has 4 rings (SSSR count). The summed E-state index contributed by atoms with van der Waals surface area (Å²) in [5.74, 6) is 2.02. The minimum absolute atomic E-state index is 0.0360. The third-order valence-corrected chi connectivity index (χ3v) is 4.98. The van der Waals surface area contributed by atoms with Crippen molar-refractivity contribution in [2.24, 2.45) is 5.92 Å². The lowest BCUT2D eigenvalue weighted by molar-refractivity contribution is -0.137. The first-order chi connectivity index (χ1) is 12.2. The van der Waals surface area contributed by atoms with Gasteiger partial charge >= 0.3 is 0 Å². The van der Waals surface area contributed by atoms with E-state index in [1.807, 2.05) is 4.90 Å². The molecule has 8 nitrogen and oxygen atoms in total. The molecule has 2 aromatic heterocycles. The largest absolute Gasteiger partial charge is 0.340 e. The van der Waals surface area contributed by atoms with Crippen molar-refractivity contribution in [2.75, 3.05) is 24.5 Å². The predicted octanol–water partition coefficient (Wildman–Crippen LogP) is 1.75. The highest BCUT2D eigenvalue weighted by molar-refractivity contribution is 5.80. The summed E-state index contributed by atoms with van der Waals surface area (Å²) in [5, 5.41) is 4.03. The molecule has 0 aromatic carbocycles. The van der Waals surface area contributed by atoms with Gasteiger partial charge in [0.2, 0.25) is 17.7 Å². The Morgan fingerprint density at radius 1 is 1.20 bits per heavy atom. The number of aromatic nitrogens is 4. The molecule has 0 radical (unpaired) electrons. The first kappa shape index (κ1) is 16.0. The number of carbonyl (C=O) groups is 1. The van der Waals surface area contributed by atoms with Crippen LogP contribution in [0.3, 0.4) is 0 Å². The summed E-state index contributed by atoms with van der Waals surface area (Å²) < 4.78 is 5.10. The highest BCUT2D eigenvalue weighted by Gasteiger charge is 2.38. The molecule has 0 N–H and O–H groups in total. The summed E-state index contributed by atoms with van der Waals surface area (Å²) in [6.07, 6.45) is 7.21. The van der Waals surface area contributed by atoms with Crippen LogP contribution in [0.1, 0.15) is 43.4 Å². The standard InChI is InChI=1S/C17H22N6O2/c1-12-20-15(21-25-12)14-6-3-10-23(14)16(24)13-5-2-9-22(11-13)17-18-7-4-8-19-17/h4,7-8,13-14H,2-3,5-6,9-11H2,1H3/t13-,14+/m0/s1. The second-order valence-electron chi connectivity index (χ2n) is 6.70. The Morgan fingerprint density at radius 3 is 2.76 bits per heavy atom. The maximum Gasteiger partial charge on any atom is 0.228 e. The van der Waals surface area contributed by atoms with E-state index in [2.05, 4.69) is 25.0 Å². The summed E-state index contributed by atoms with van der Waals surface area (Å²) in [4.78, 5) is 30.1. The molecular formula is C17H22N6O2. The molecule has 2 aliphatic heterocycles. The molecule has 2 fully saturated rings. The van der Waals surface area contributed by atoms with Crippen LogP contribution in [0.4, 0.5) is 5.95 Å². The van der Waals surface area contributed by atoms with Crippen LogP contribution in [0.2, 0.25) is 0 Å². The summed E-state index contributed by atoms with van der Waals surface area (Å²) >= 11 is 0. The van der Waals surface area contributed by atoms with E-state index in [4.69, 9.17) is 4.52 Å². The van der Waals surface area contributed by atoms with Crippen molar-refractivity contribution in [1.82, 2.24) is 25.0 Å². The molecule has 132 valence electrons. The monoisotopic (exact) mass is 342 g/mol. The van der Waals surface area contributed by atoms with Gasteiger partial charge in [0.05, 0.1) is 12.0 Å². The zero-order chi connectivity index (χ0) is 17.2. The van der Waals surface area contributed by atoms with Gasteiger partial charge in [0, 0.05) is 39.0 Å². The molecule has 0 spiro atoms. The fourth-order valence-electron chi connectivity index (χ4n) is 3.80. The number of nitrogens with zero attached hydrogens (tertiary/aromatic N) is 6. The number of amides is 1. The average Bonchev–Trinajstić information content (AvgIpc) is 3.30. The summed E-state index contributed by atoms with van der Waals surface area (Å²) in [6, 6.07) is 1.74. The van der Waals surface area contributed by atoms with Crippen LogP contribution in [0, 0.1) is 12.8 Å². The number of hydrogen-bond donors (Lipinski definition) is 0. The molecule has 2 aromatic rings. The van der Waals surface area contributed by atoms with Crippen LogP contribution in [0.15, 0.2) is 23.0 Å². The van der Waals surface area contributed by atoms with E-state index in [0.717, 1.165) is 38.8 Å². The highest BCUT2D eigenvalue weighted by atomic mass is 16.5. The molecule has 1 amide bonds. The molecule has 0 aliphatic carbocycles. The smallest absolute Gasteiger partial charge is 0.228 e. The van der Waals surface area contributed by atoms with Gasteiger partial charge in [-0.1, -0.05) is 5.16 Å². The number of hydrogen-bond acceptors (Lipinski definition) is 7. The molecule has 0 bridgehead atoms. The van der Waals surface area contributed by atoms with E-state index in [9.17, 15) is 4.79 Å². The molecule has 25 heavy (non-hydrogen) atoms. The van der Waals surface area contributed by atoms with Crippen LogP contribution in [0.5, 0.6) is 0 Å². The van der Waals surface area contributed by atoms with Crippen LogP contribution in [0.25, 0.3) is 0 Å². The predicted molar refractivity (Wildman–Crippen MR) is 89.7 cm³/mol. The van der Waals surface area contributed by atoms with Crippen molar-refractivity contribution >= 4 is 11.9 Å². The number of carbonyl (C=O) groups excluding carboxylic acids is 1. The number of aryl methyl sites for hydroxylation is 1. The van der Waals surface area contributed by atoms with Gasteiger partial charge in [0.15, 0.2) is 5.82 Å². The Morgan fingerprint density at radius 2 is 2.00 bits per heavy atom. The van der Waals surface area contributed by atoms with Crippen molar-refractivity contribution in [2.45, 2.75) is 38.6 Å².